The highest BCUT2D eigenvalue weighted by Gasteiger charge is 2.28. The van der Waals surface area contributed by atoms with Crippen molar-refractivity contribution in [2.24, 2.45) is 0 Å². The van der Waals surface area contributed by atoms with E-state index >= 15 is 0 Å². The van der Waals surface area contributed by atoms with Crippen molar-refractivity contribution >= 4 is 21.8 Å². The first kappa shape index (κ1) is 24.3. The van der Waals surface area contributed by atoms with Crippen LogP contribution in [0.2, 0.25) is 0 Å². The van der Waals surface area contributed by atoms with E-state index in [0.717, 1.165) is 37.8 Å². The predicted molar refractivity (Wildman–Crippen MR) is 122 cm³/mol. The second kappa shape index (κ2) is 10.2. The molecule has 0 saturated carbocycles. The molecular weight excluding hydrogens is 464 g/mol. The maximum atomic E-state index is 13.4. The summed E-state index contributed by atoms with van der Waals surface area (Å²) in [7, 11) is -3.59. The molecule has 0 N–H and O–H groups in total. The molecule has 182 valence electrons. The largest absolute Gasteiger partial charge is 0.335 e. The van der Waals surface area contributed by atoms with Crippen molar-refractivity contribution < 1.29 is 26.8 Å². The van der Waals surface area contributed by atoms with Crippen molar-refractivity contribution in [3.8, 4) is 0 Å². The molecule has 2 aromatic rings. The first-order valence-electron chi connectivity index (χ1n) is 11.4. The maximum Gasteiger partial charge on any atom is 0.254 e. The normalized spacial score (nSPS) is 17.9. The standard InChI is InChI=1S/C24H27F2N3O4S/c25-21-10-7-19(17-22(21)26)24(31)28-15-13-27(14-16-28)23(30)18-5-8-20(9-6-18)34(32,33)29-11-3-1-2-4-12-29/h5-10,17H,1-4,11-16H2. The Labute approximate surface area is 198 Å². The molecule has 2 aliphatic heterocycles. The molecular formula is C24H27F2N3O4S. The summed E-state index contributed by atoms with van der Waals surface area (Å²) < 4.78 is 53.9. The van der Waals surface area contributed by atoms with Gasteiger partial charge < -0.3 is 9.80 Å². The van der Waals surface area contributed by atoms with Crippen LogP contribution >= 0.6 is 0 Å². The molecule has 0 radical (unpaired) electrons. The molecule has 4 rings (SSSR count). The van der Waals surface area contributed by atoms with E-state index in [9.17, 15) is 26.8 Å². The zero-order chi connectivity index (χ0) is 24.3. The third kappa shape index (κ3) is 5.12. The molecule has 2 aromatic carbocycles. The number of sulfonamides is 1. The van der Waals surface area contributed by atoms with Crippen LogP contribution in [-0.4, -0.2) is 73.6 Å². The van der Waals surface area contributed by atoms with Crippen LogP contribution in [0.5, 0.6) is 0 Å². The van der Waals surface area contributed by atoms with E-state index in [1.165, 1.54) is 39.5 Å². The molecule has 2 aliphatic rings. The molecule has 2 amide bonds. The Balaban J connectivity index is 1.37. The van der Waals surface area contributed by atoms with E-state index < -0.39 is 27.6 Å². The lowest BCUT2D eigenvalue weighted by Gasteiger charge is -2.35. The highest BCUT2D eigenvalue weighted by molar-refractivity contribution is 7.89. The van der Waals surface area contributed by atoms with Gasteiger partial charge in [0.15, 0.2) is 11.6 Å². The molecule has 7 nitrogen and oxygen atoms in total. The van der Waals surface area contributed by atoms with Crippen LogP contribution in [0.25, 0.3) is 0 Å². The molecule has 0 aromatic heterocycles. The van der Waals surface area contributed by atoms with E-state index in [1.807, 2.05) is 0 Å². The van der Waals surface area contributed by atoms with Crippen molar-refractivity contribution in [3.63, 3.8) is 0 Å². The fourth-order valence-corrected chi connectivity index (χ4v) is 5.82. The molecule has 10 heteroatoms. The van der Waals surface area contributed by atoms with Gasteiger partial charge in [0, 0.05) is 50.4 Å². The smallest absolute Gasteiger partial charge is 0.254 e. The molecule has 2 saturated heterocycles. The fraction of sp³-hybridized carbons (Fsp3) is 0.417. The first-order valence-corrected chi connectivity index (χ1v) is 12.9. The van der Waals surface area contributed by atoms with Gasteiger partial charge in [-0.2, -0.15) is 4.31 Å². The molecule has 0 spiro atoms. The monoisotopic (exact) mass is 491 g/mol. The number of carbonyl (C=O) groups is 2. The van der Waals surface area contributed by atoms with Gasteiger partial charge in [-0.1, -0.05) is 12.8 Å². The minimum absolute atomic E-state index is 0.0554. The summed E-state index contributed by atoms with van der Waals surface area (Å²) in [6.45, 7) is 2.09. The predicted octanol–water partition coefficient (Wildman–Crippen LogP) is 3.13. The number of hydrogen-bond acceptors (Lipinski definition) is 4. The second-order valence-corrected chi connectivity index (χ2v) is 10.5. The minimum Gasteiger partial charge on any atom is -0.335 e. The van der Waals surface area contributed by atoms with Gasteiger partial charge in [-0.3, -0.25) is 9.59 Å². The van der Waals surface area contributed by atoms with Crippen molar-refractivity contribution in [1.29, 1.82) is 0 Å². The molecule has 0 unspecified atom stereocenters. The van der Waals surface area contributed by atoms with Crippen molar-refractivity contribution in [2.45, 2.75) is 30.6 Å². The Kier molecular flexibility index (Phi) is 7.27. The van der Waals surface area contributed by atoms with Gasteiger partial charge in [-0.15, -0.1) is 0 Å². The number of nitrogens with zero attached hydrogens (tertiary/aromatic N) is 3. The molecule has 2 heterocycles. The SMILES string of the molecule is O=C(c1ccc(S(=O)(=O)N2CCCCCC2)cc1)N1CCN(C(=O)c2ccc(F)c(F)c2)CC1. The summed E-state index contributed by atoms with van der Waals surface area (Å²) in [5, 5.41) is 0. The van der Waals surface area contributed by atoms with Crippen LogP contribution < -0.4 is 0 Å². The summed E-state index contributed by atoms with van der Waals surface area (Å²) in [6.07, 6.45) is 3.75. The lowest BCUT2D eigenvalue weighted by Crippen LogP contribution is -2.50. The third-order valence-corrected chi connectivity index (χ3v) is 8.24. The summed E-state index contributed by atoms with van der Waals surface area (Å²) in [5.74, 6) is -2.77. The molecule has 0 aliphatic carbocycles. The highest BCUT2D eigenvalue weighted by Crippen LogP contribution is 2.21. The van der Waals surface area contributed by atoms with Crippen molar-refractivity contribution in [3.05, 3.63) is 65.2 Å². The zero-order valence-electron chi connectivity index (χ0n) is 18.8. The van der Waals surface area contributed by atoms with Gasteiger partial charge in [-0.25, -0.2) is 17.2 Å². The summed E-state index contributed by atoms with van der Waals surface area (Å²) in [5.41, 5.74) is 0.426. The molecule has 0 atom stereocenters. The van der Waals surface area contributed by atoms with E-state index in [1.54, 1.807) is 4.90 Å². The Hall–Kier alpha value is -2.85. The quantitative estimate of drug-likeness (QED) is 0.659. The summed E-state index contributed by atoms with van der Waals surface area (Å²) in [6, 6.07) is 9.00. The van der Waals surface area contributed by atoms with Gasteiger partial charge in [0.05, 0.1) is 4.90 Å². The van der Waals surface area contributed by atoms with Gasteiger partial charge >= 0.3 is 0 Å². The van der Waals surface area contributed by atoms with E-state index in [0.29, 0.717) is 18.7 Å². The van der Waals surface area contributed by atoms with Crippen LogP contribution in [0.15, 0.2) is 47.4 Å². The Morgan fingerprint density at radius 2 is 1.15 bits per heavy atom. The lowest BCUT2D eigenvalue weighted by molar-refractivity contribution is 0.0535. The number of halogens is 2. The van der Waals surface area contributed by atoms with Crippen LogP contribution in [0.4, 0.5) is 8.78 Å². The van der Waals surface area contributed by atoms with E-state index in [2.05, 4.69) is 0 Å². The summed E-state index contributed by atoms with van der Waals surface area (Å²) >= 11 is 0. The number of piperazine rings is 1. The molecule has 0 bridgehead atoms. The summed E-state index contributed by atoms with van der Waals surface area (Å²) in [4.78, 5) is 28.7. The number of hydrogen-bond donors (Lipinski definition) is 0. The lowest BCUT2D eigenvalue weighted by atomic mass is 10.1. The Morgan fingerprint density at radius 3 is 1.68 bits per heavy atom. The Morgan fingerprint density at radius 1 is 0.647 bits per heavy atom. The Bertz CT molecular complexity index is 1160. The van der Waals surface area contributed by atoms with Crippen molar-refractivity contribution in [2.75, 3.05) is 39.3 Å². The number of carbonyl (C=O) groups excluding carboxylic acids is 2. The number of benzene rings is 2. The highest BCUT2D eigenvalue weighted by atomic mass is 32.2. The first-order chi connectivity index (χ1) is 16.3. The van der Waals surface area contributed by atoms with Gasteiger partial charge in [-0.05, 0) is 55.3 Å². The third-order valence-electron chi connectivity index (χ3n) is 6.32. The fourth-order valence-electron chi connectivity index (χ4n) is 4.31. The second-order valence-electron chi connectivity index (χ2n) is 8.56. The number of rotatable bonds is 4. The van der Waals surface area contributed by atoms with Gasteiger partial charge in [0.1, 0.15) is 0 Å². The minimum atomic E-state index is -3.59. The molecule has 2 fully saturated rings. The van der Waals surface area contributed by atoms with E-state index in [-0.39, 0.29) is 42.5 Å². The van der Waals surface area contributed by atoms with Gasteiger partial charge in [0.2, 0.25) is 10.0 Å². The van der Waals surface area contributed by atoms with Crippen LogP contribution in [0.1, 0.15) is 46.4 Å². The average molecular weight is 492 g/mol. The van der Waals surface area contributed by atoms with Crippen LogP contribution in [-0.2, 0) is 10.0 Å². The number of amides is 2. The zero-order valence-corrected chi connectivity index (χ0v) is 19.6. The van der Waals surface area contributed by atoms with Crippen molar-refractivity contribution in [1.82, 2.24) is 14.1 Å². The maximum absolute atomic E-state index is 13.4. The van der Waals surface area contributed by atoms with Gasteiger partial charge in [0.25, 0.3) is 11.8 Å². The average Bonchev–Trinajstić information content (AvgIpc) is 3.15. The topological polar surface area (TPSA) is 78.0 Å². The molecule has 34 heavy (non-hydrogen) atoms. The van der Waals surface area contributed by atoms with Crippen LogP contribution in [0, 0.1) is 11.6 Å². The van der Waals surface area contributed by atoms with Crippen LogP contribution in [0.3, 0.4) is 0 Å². The van der Waals surface area contributed by atoms with E-state index in [4.69, 9.17) is 0 Å².